The number of pyridine rings is 1. The van der Waals surface area contributed by atoms with Crippen LogP contribution < -0.4 is 5.56 Å². The summed E-state index contributed by atoms with van der Waals surface area (Å²) in [7, 11) is 0. The van der Waals surface area contributed by atoms with E-state index in [1.807, 2.05) is 0 Å². The molecule has 1 heterocycles. The first-order valence-electron chi connectivity index (χ1n) is 9.61. The van der Waals surface area contributed by atoms with Gasteiger partial charge in [-0.1, -0.05) is 64.1 Å². The Morgan fingerprint density at radius 3 is 2.26 bits per heavy atom. The van der Waals surface area contributed by atoms with Crippen LogP contribution in [0.5, 0.6) is 0 Å². The molecular weight excluding hydrogens is 330 g/mol. The van der Waals surface area contributed by atoms with Gasteiger partial charge in [-0.25, -0.2) is 0 Å². The number of H-pyrrole nitrogens is 1. The molecule has 0 atom stereocenters. The molecule has 1 aromatic heterocycles. The highest BCUT2D eigenvalue weighted by Crippen LogP contribution is 2.49. The molecule has 0 saturated heterocycles. The topological polar surface area (TPSA) is 32.9 Å². The largest absolute Gasteiger partial charge is 0.321 e. The molecule has 2 heteroatoms. The lowest BCUT2D eigenvalue weighted by Crippen LogP contribution is -2.25. The van der Waals surface area contributed by atoms with E-state index in [4.69, 9.17) is 0 Å². The van der Waals surface area contributed by atoms with Crippen LogP contribution in [0, 0.1) is 0 Å². The van der Waals surface area contributed by atoms with E-state index in [1.54, 1.807) is 6.07 Å². The molecule has 0 spiro atoms. The highest BCUT2D eigenvalue weighted by atomic mass is 16.1. The number of nitrogens with one attached hydrogen (secondary N) is 1. The zero-order chi connectivity index (χ0) is 18.9. The molecule has 3 aromatic carbocycles. The van der Waals surface area contributed by atoms with Crippen molar-refractivity contribution in [3.05, 3.63) is 81.6 Å². The number of hydrogen-bond donors (Lipinski definition) is 1. The van der Waals surface area contributed by atoms with Crippen molar-refractivity contribution >= 4 is 21.5 Å². The number of benzene rings is 3. The quantitative estimate of drug-likeness (QED) is 0.440. The van der Waals surface area contributed by atoms with E-state index < -0.39 is 0 Å². The van der Waals surface area contributed by atoms with Crippen molar-refractivity contribution in [2.45, 2.75) is 39.0 Å². The maximum atomic E-state index is 12.5. The molecule has 2 nitrogen and oxygen atoms in total. The summed E-state index contributed by atoms with van der Waals surface area (Å²) in [5.41, 5.74) is 5.80. The Hall–Kier alpha value is -2.87. The molecule has 4 aromatic rings. The molecule has 0 bridgehead atoms. The summed E-state index contributed by atoms with van der Waals surface area (Å²) in [5, 5.41) is 4.67. The van der Waals surface area contributed by atoms with Gasteiger partial charge in [-0.15, -0.1) is 0 Å². The van der Waals surface area contributed by atoms with E-state index in [2.05, 4.69) is 81.2 Å². The highest BCUT2D eigenvalue weighted by molar-refractivity contribution is 6.04. The average molecular weight is 353 g/mol. The zero-order valence-electron chi connectivity index (χ0n) is 16.2. The first-order chi connectivity index (χ1) is 12.9. The summed E-state index contributed by atoms with van der Waals surface area (Å²) in [4.78, 5) is 15.6. The normalized spacial score (nSPS) is 14.7. The lowest BCUT2D eigenvalue weighted by Gasteiger charge is -2.35. The Morgan fingerprint density at radius 2 is 1.56 bits per heavy atom. The van der Waals surface area contributed by atoms with Crippen LogP contribution in [0.15, 0.2) is 59.4 Å². The van der Waals surface area contributed by atoms with Gasteiger partial charge in [-0.05, 0) is 50.9 Å². The van der Waals surface area contributed by atoms with Gasteiger partial charge in [0.15, 0.2) is 0 Å². The number of fused-ring (bicyclic) bond motifs is 3. The lowest BCUT2D eigenvalue weighted by atomic mass is 9.68. The molecular formula is C25H23NO. The second-order valence-electron chi connectivity index (χ2n) is 8.57. The van der Waals surface area contributed by atoms with Crippen LogP contribution in [-0.2, 0) is 5.41 Å². The van der Waals surface area contributed by atoms with Gasteiger partial charge in [-0.2, -0.15) is 0 Å². The van der Waals surface area contributed by atoms with Crippen LogP contribution >= 0.6 is 0 Å². The molecule has 0 radical (unpaired) electrons. The summed E-state index contributed by atoms with van der Waals surface area (Å²) in [6, 6.07) is 19.2. The second kappa shape index (κ2) is 5.32. The third-order valence-electron chi connectivity index (χ3n) is 6.14. The Morgan fingerprint density at radius 1 is 0.852 bits per heavy atom. The molecule has 0 amide bonds. The van der Waals surface area contributed by atoms with E-state index in [-0.39, 0.29) is 11.0 Å². The van der Waals surface area contributed by atoms with Gasteiger partial charge in [0.05, 0.1) is 5.69 Å². The van der Waals surface area contributed by atoms with Crippen LogP contribution in [0.4, 0.5) is 0 Å². The summed E-state index contributed by atoms with van der Waals surface area (Å²) in [5.74, 6) is 0.419. The highest BCUT2D eigenvalue weighted by Gasteiger charge is 2.34. The van der Waals surface area contributed by atoms with Crippen molar-refractivity contribution in [3.63, 3.8) is 0 Å². The van der Waals surface area contributed by atoms with Crippen LogP contribution in [-0.4, -0.2) is 4.98 Å². The van der Waals surface area contributed by atoms with Gasteiger partial charge < -0.3 is 4.98 Å². The Bertz CT molecular complexity index is 1290. The van der Waals surface area contributed by atoms with Gasteiger partial charge in [-0.3, -0.25) is 4.79 Å². The fourth-order valence-electron chi connectivity index (χ4n) is 4.58. The van der Waals surface area contributed by atoms with Crippen molar-refractivity contribution < 1.29 is 0 Å². The van der Waals surface area contributed by atoms with Crippen LogP contribution in [0.3, 0.4) is 0 Å². The molecule has 0 saturated carbocycles. The Labute approximate surface area is 158 Å². The monoisotopic (exact) mass is 353 g/mol. The smallest absolute Gasteiger partial charge is 0.249 e. The van der Waals surface area contributed by atoms with E-state index in [9.17, 15) is 4.79 Å². The van der Waals surface area contributed by atoms with Gasteiger partial charge in [0.2, 0.25) is 5.56 Å². The van der Waals surface area contributed by atoms with Crippen LogP contribution in [0.2, 0.25) is 0 Å². The lowest BCUT2D eigenvalue weighted by molar-refractivity contribution is 0.643. The molecule has 0 aliphatic heterocycles. The maximum Gasteiger partial charge on any atom is 0.249 e. The van der Waals surface area contributed by atoms with E-state index in [0.717, 1.165) is 16.6 Å². The summed E-state index contributed by atoms with van der Waals surface area (Å²) in [6.45, 7) is 9.01. The third-order valence-corrected chi connectivity index (χ3v) is 6.14. The zero-order valence-corrected chi connectivity index (χ0v) is 16.2. The molecule has 0 unspecified atom stereocenters. The predicted molar refractivity (Wildman–Crippen MR) is 114 cm³/mol. The molecule has 1 N–H and O–H groups in total. The minimum absolute atomic E-state index is 0.0387. The van der Waals surface area contributed by atoms with Crippen molar-refractivity contribution in [1.29, 1.82) is 0 Å². The average Bonchev–Trinajstić information content (AvgIpc) is 2.64. The van der Waals surface area contributed by atoms with Crippen molar-refractivity contribution in [1.82, 2.24) is 4.98 Å². The predicted octanol–water partition coefficient (Wildman–Crippen LogP) is 6.11. The van der Waals surface area contributed by atoms with Crippen LogP contribution in [0.25, 0.3) is 32.8 Å². The van der Waals surface area contributed by atoms with Crippen LogP contribution in [0.1, 0.15) is 50.3 Å². The first kappa shape index (κ1) is 16.3. The third kappa shape index (κ3) is 2.22. The maximum absolute atomic E-state index is 12.5. The van der Waals surface area contributed by atoms with E-state index in [0.29, 0.717) is 5.92 Å². The van der Waals surface area contributed by atoms with Gasteiger partial charge >= 0.3 is 0 Å². The molecule has 0 fully saturated rings. The first-order valence-corrected chi connectivity index (χ1v) is 9.61. The fraction of sp³-hybridized carbons (Fsp3) is 0.240. The van der Waals surface area contributed by atoms with Crippen molar-refractivity contribution in [2.75, 3.05) is 0 Å². The minimum Gasteiger partial charge on any atom is -0.321 e. The fourth-order valence-corrected chi connectivity index (χ4v) is 4.58. The van der Waals surface area contributed by atoms with Crippen molar-refractivity contribution in [3.8, 4) is 11.3 Å². The summed E-state index contributed by atoms with van der Waals surface area (Å²) >= 11 is 0. The number of rotatable bonds is 1. The van der Waals surface area contributed by atoms with E-state index in [1.165, 1.54) is 32.8 Å². The molecule has 134 valence electrons. The summed E-state index contributed by atoms with van der Waals surface area (Å²) in [6.07, 6.45) is 0. The summed E-state index contributed by atoms with van der Waals surface area (Å²) < 4.78 is 0. The SMILES string of the molecule is CC(C)c1cc2c3c([nH]c(=O)cc3c1)-c1cc3ccccc3cc1C2(C)C. The minimum atomic E-state index is -0.131. The molecule has 5 rings (SSSR count). The number of hydrogen-bond acceptors (Lipinski definition) is 1. The van der Waals surface area contributed by atoms with Crippen molar-refractivity contribution in [2.24, 2.45) is 0 Å². The molecule has 1 aliphatic carbocycles. The van der Waals surface area contributed by atoms with Gasteiger partial charge in [0.25, 0.3) is 0 Å². The Balaban J connectivity index is 2.00. The second-order valence-corrected chi connectivity index (χ2v) is 8.57. The van der Waals surface area contributed by atoms with Gasteiger partial charge in [0, 0.05) is 22.4 Å². The number of aromatic amines is 1. The Kier molecular flexibility index (Phi) is 3.22. The number of aromatic nitrogens is 1. The van der Waals surface area contributed by atoms with E-state index >= 15 is 0 Å². The van der Waals surface area contributed by atoms with Gasteiger partial charge in [0.1, 0.15) is 0 Å². The standard InChI is InChI=1S/C25H23NO/c1-14(2)17-9-18-13-22(27)26-24-19-10-15-7-5-6-8-16(15)11-20(19)25(3,4)21(12-17)23(18)24/h5-14H,1-4H3,(H,26,27). The molecule has 27 heavy (non-hydrogen) atoms. The molecule has 1 aliphatic rings.